The quantitative estimate of drug-likeness (QED) is 0.811. The first-order valence-corrected chi connectivity index (χ1v) is 7.35. The van der Waals surface area contributed by atoms with Crippen molar-refractivity contribution >= 4 is 40.7 Å². The molecule has 2 aromatic heterocycles. The van der Waals surface area contributed by atoms with Crippen LogP contribution in [0.25, 0.3) is 0 Å². The molecule has 1 unspecified atom stereocenters. The Bertz CT molecular complexity index is 628. The van der Waals surface area contributed by atoms with Crippen molar-refractivity contribution in [2.24, 2.45) is 0 Å². The number of ether oxygens (including phenoxy) is 3. The molecule has 0 N–H and O–H groups in total. The molecular formula is C12H11ClN2O4S2. The topological polar surface area (TPSA) is 70.5 Å². The first-order chi connectivity index (χ1) is 10.0. The van der Waals surface area contributed by atoms with Gasteiger partial charge in [-0.1, -0.05) is 11.6 Å². The van der Waals surface area contributed by atoms with Crippen LogP contribution >= 0.6 is 35.6 Å². The summed E-state index contributed by atoms with van der Waals surface area (Å²) in [5.41, 5.74) is 0. The van der Waals surface area contributed by atoms with E-state index >= 15 is 0 Å². The molecule has 0 aromatic carbocycles. The summed E-state index contributed by atoms with van der Waals surface area (Å²) in [6, 6.07) is 3.09. The van der Waals surface area contributed by atoms with E-state index in [2.05, 4.69) is 22.6 Å². The van der Waals surface area contributed by atoms with Gasteiger partial charge < -0.3 is 14.2 Å². The molecule has 0 saturated heterocycles. The second kappa shape index (κ2) is 6.97. The van der Waals surface area contributed by atoms with E-state index in [9.17, 15) is 4.79 Å². The van der Waals surface area contributed by atoms with Crippen LogP contribution in [-0.2, 0) is 4.79 Å². The number of hydrogen-bond acceptors (Lipinski definition) is 7. The number of halogens is 1. The number of methoxy groups -OCH3 is 2. The smallest absolute Gasteiger partial charge is 0.324 e. The van der Waals surface area contributed by atoms with E-state index in [1.165, 1.54) is 31.6 Å². The Morgan fingerprint density at radius 2 is 1.95 bits per heavy atom. The van der Waals surface area contributed by atoms with Crippen molar-refractivity contribution in [3.05, 3.63) is 27.4 Å². The highest BCUT2D eigenvalue weighted by molar-refractivity contribution is 7.96. The maximum atomic E-state index is 11.7. The van der Waals surface area contributed by atoms with Gasteiger partial charge in [0.05, 0.1) is 30.2 Å². The monoisotopic (exact) mass is 346 g/mol. The van der Waals surface area contributed by atoms with Crippen molar-refractivity contribution in [2.45, 2.75) is 6.10 Å². The first kappa shape index (κ1) is 15.9. The Morgan fingerprint density at radius 3 is 2.38 bits per heavy atom. The Balaban J connectivity index is 2.33. The highest BCUT2D eigenvalue weighted by Gasteiger charge is 2.25. The molecule has 0 amide bonds. The van der Waals surface area contributed by atoms with Crippen molar-refractivity contribution in [1.82, 2.24) is 9.97 Å². The van der Waals surface area contributed by atoms with Gasteiger partial charge in [0.15, 0.2) is 0 Å². The molecule has 0 bridgehead atoms. The van der Waals surface area contributed by atoms with E-state index in [1.54, 1.807) is 11.4 Å². The molecule has 21 heavy (non-hydrogen) atoms. The van der Waals surface area contributed by atoms with Gasteiger partial charge in [-0.15, -0.1) is 24.0 Å². The molecule has 9 heteroatoms. The summed E-state index contributed by atoms with van der Waals surface area (Å²) < 4.78 is 15.5. The largest absolute Gasteiger partial charge is 0.481 e. The second-order valence-electron chi connectivity index (χ2n) is 3.70. The Morgan fingerprint density at radius 1 is 1.33 bits per heavy atom. The number of aromatic nitrogens is 2. The molecule has 2 rings (SSSR count). The molecule has 1 atom stereocenters. The molecule has 2 aromatic rings. The van der Waals surface area contributed by atoms with E-state index in [0.29, 0.717) is 9.90 Å². The minimum atomic E-state index is -1.00. The van der Waals surface area contributed by atoms with Crippen molar-refractivity contribution in [1.29, 1.82) is 0 Å². The number of nitrogens with zero attached hydrogens (tertiary/aromatic N) is 2. The number of thiophene rings is 1. The van der Waals surface area contributed by atoms with Crippen LogP contribution in [0.5, 0.6) is 17.8 Å². The summed E-state index contributed by atoms with van der Waals surface area (Å²) in [4.78, 5) is 20.2. The Labute approximate surface area is 135 Å². The maximum absolute atomic E-state index is 11.7. The standard InChI is InChI=1S/C12H11ClN2O4S2/c1-17-7-5-8(18-2)15-12(14-7)19-9(11(16)20)10-6(13)3-4-21-10/h3-5,9H,1-2H3,(H,16,20). The molecule has 0 radical (unpaired) electrons. The van der Waals surface area contributed by atoms with Gasteiger partial charge in [-0.25, -0.2) is 0 Å². The molecule has 0 aliphatic rings. The highest BCUT2D eigenvalue weighted by atomic mass is 35.5. The Kier molecular flexibility index (Phi) is 5.27. The van der Waals surface area contributed by atoms with Gasteiger partial charge in [-0.3, -0.25) is 4.79 Å². The van der Waals surface area contributed by atoms with Gasteiger partial charge in [0.2, 0.25) is 23.0 Å². The third-order valence-corrected chi connectivity index (χ3v) is 4.04. The lowest BCUT2D eigenvalue weighted by Gasteiger charge is -2.14. The summed E-state index contributed by atoms with van der Waals surface area (Å²) in [6.45, 7) is 0. The predicted octanol–water partition coefficient (Wildman–Crippen LogP) is 2.79. The highest BCUT2D eigenvalue weighted by Crippen LogP contribution is 2.33. The minimum Gasteiger partial charge on any atom is -0.481 e. The summed E-state index contributed by atoms with van der Waals surface area (Å²) in [7, 11) is 2.89. The van der Waals surface area contributed by atoms with Crippen LogP contribution in [0, 0.1) is 0 Å². The van der Waals surface area contributed by atoms with Crippen LogP contribution in [0.1, 0.15) is 11.0 Å². The second-order valence-corrected chi connectivity index (χ2v) is 5.50. The predicted molar refractivity (Wildman–Crippen MR) is 81.8 cm³/mol. The average molecular weight is 347 g/mol. The molecule has 0 fully saturated rings. The van der Waals surface area contributed by atoms with Crippen LogP contribution in [0.2, 0.25) is 5.02 Å². The van der Waals surface area contributed by atoms with Crippen LogP contribution in [0.3, 0.4) is 0 Å². The molecule has 0 spiro atoms. The molecule has 0 aliphatic carbocycles. The first-order valence-electron chi connectivity index (χ1n) is 5.64. The fraction of sp³-hybridized carbons (Fsp3) is 0.250. The zero-order valence-corrected chi connectivity index (χ0v) is 13.5. The van der Waals surface area contributed by atoms with E-state index in [0.717, 1.165) is 0 Å². The normalized spacial score (nSPS) is 11.8. The number of hydrogen-bond donors (Lipinski definition) is 1. The van der Waals surface area contributed by atoms with E-state index in [1.807, 2.05) is 0 Å². The molecule has 112 valence electrons. The number of carbonyl (C=O) groups excluding carboxylic acids is 1. The third-order valence-electron chi connectivity index (χ3n) is 2.41. The summed E-state index contributed by atoms with van der Waals surface area (Å²) in [5, 5.41) is 1.66. The number of carbonyl (C=O) groups is 1. The van der Waals surface area contributed by atoms with Crippen LogP contribution in [0.15, 0.2) is 17.5 Å². The van der Waals surface area contributed by atoms with Crippen molar-refractivity contribution in [3.8, 4) is 17.8 Å². The molecule has 2 heterocycles. The fourth-order valence-electron chi connectivity index (χ4n) is 1.46. The lowest BCUT2D eigenvalue weighted by molar-refractivity contribution is -0.117. The maximum Gasteiger partial charge on any atom is 0.324 e. The van der Waals surface area contributed by atoms with Crippen molar-refractivity contribution in [3.63, 3.8) is 0 Å². The summed E-state index contributed by atoms with van der Waals surface area (Å²) >= 11 is 11.1. The molecule has 6 nitrogen and oxygen atoms in total. The SMILES string of the molecule is COc1cc(OC)nc(OC(C(=O)S)c2sccc2Cl)n1. The third kappa shape index (κ3) is 3.78. The van der Waals surface area contributed by atoms with Gasteiger partial charge in [-0.2, -0.15) is 9.97 Å². The van der Waals surface area contributed by atoms with Gasteiger partial charge in [0.25, 0.3) is 0 Å². The van der Waals surface area contributed by atoms with E-state index in [-0.39, 0.29) is 17.8 Å². The van der Waals surface area contributed by atoms with Gasteiger partial charge in [0.1, 0.15) is 0 Å². The van der Waals surface area contributed by atoms with Crippen LogP contribution in [0.4, 0.5) is 0 Å². The number of thiol groups is 1. The van der Waals surface area contributed by atoms with Crippen molar-refractivity contribution < 1.29 is 19.0 Å². The lowest BCUT2D eigenvalue weighted by Crippen LogP contribution is -2.15. The average Bonchev–Trinajstić information content (AvgIpc) is 2.89. The molecule has 0 aliphatic heterocycles. The Hall–Kier alpha value is -1.51. The van der Waals surface area contributed by atoms with Gasteiger partial charge in [-0.05, 0) is 11.4 Å². The van der Waals surface area contributed by atoms with Gasteiger partial charge in [0, 0.05) is 0 Å². The zero-order valence-electron chi connectivity index (χ0n) is 11.1. The van der Waals surface area contributed by atoms with E-state index < -0.39 is 11.2 Å². The molecular weight excluding hydrogens is 336 g/mol. The minimum absolute atomic E-state index is 0.0666. The molecule has 0 saturated carbocycles. The fourth-order valence-corrected chi connectivity index (χ4v) is 2.91. The summed E-state index contributed by atoms with van der Waals surface area (Å²) in [5.74, 6) is 0.499. The zero-order chi connectivity index (χ0) is 15.4. The van der Waals surface area contributed by atoms with Crippen LogP contribution in [-0.4, -0.2) is 29.3 Å². The van der Waals surface area contributed by atoms with E-state index in [4.69, 9.17) is 25.8 Å². The summed E-state index contributed by atoms with van der Waals surface area (Å²) in [6.07, 6.45) is -1.00. The lowest BCUT2D eigenvalue weighted by atomic mass is 10.3. The van der Waals surface area contributed by atoms with Crippen LogP contribution < -0.4 is 14.2 Å². The number of rotatable bonds is 6. The van der Waals surface area contributed by atoms with Crippen molar-refractivity contribution in [2.75, 3.05) is 14.2 Å². The van der Waals surface area contributed by atoms with Gasteiger partial charge >= 0.3 is 6.01 Å².